The van der Waals surface area contributed by atoms with Crippen molar-refractivity contribution in [1.29, 1.82) is 0 Å². The van der Waals surface area contributed by atoms with Gasteiger partial charge >= 0.3 is 12.0 Å². The second-order valence-corrected chi connectivity index (χ2v) is 9.56. The smallest absolute Gasteiger partial charge is 0.317 e. The number of benzene rings is 2. The number of piperidine rings is 1. The highest BCUT2D eigenvalue weighted by Gasteiger charge is 2.27. The number of hydrogen-bond acceptors (Lipinski definition) is 5. The Balaban J connectivity index is 1.10. The molecule has 0 radical (unpaired) electrons. The summed E-state index contributed by atoms with van der Waals surface area (Å²) in [6, 6.07) is 16.5. The van der Waals surface area contributed by atoms with Crippen LogP contribution in [0.2, 0.25) is 0 Å². The molecule has 1 heterocycles. The third-order valence-electron chi connectivity index (χ3n) is 6.90. The summed E-state index contributed by atoms with van der Waals surface area (Å²) < 4.78 is 11.9. The largest absolute Gasteiger partial charge is 0.490 e. The second kappa shape index (κ2) is 13.0. The predicted molar refractivity (Wildman–Crippen MR) is 138 cm³/mol. The lowest BCUT2D eigenvalue weighted by atomic mass is 9.87. The average molecular weight is 510 g/mol. The van der Waals surface area contributed by atoms with Gasteiger partial charge < -0.3 is 30.1 Å². The normalized spacial score (nSPS) is 20.1. The first-order valence-electron chi connectivity index (χ1n) is 13.0. The van der Waals surface area contributed by atoms with Crippen LogP contribution in [0.4, 0.5) is 4.79 Å². The highest BCUT2D eigenvalue weighted by Crippen LogP contribution is 2.28. The van der Waals surface area contributed by atoms with Gasteiger partial charge in [0.2, 0.25) is 0 Å². The fourth-order valence-electron chi connectivity index (χ4n) is 4.73. The number of carbonyl (C=O) groups excluding carboxylic acids is 2. The van der Waals surface area contributed by atoms with Crippen molar-refractivity contribution in [2.45, 2.75) is 50.7 Å². The Hall–Kier alpha value is -3.75. The second-order valence-electron chi connectivity index (χ2n) is 9.56. The van der Waals surface area contributed by atoms with Crippen molar-refractivity contribution in [3.63, 3.8) is 0 Å². The van der Waals surface area contributed by atoms with Gasteiger partial charge in [0, 0.05) is 44.6 Å². The summed E-state index contributed by atoms with van der Waals surface area (Å²) in [4.78, 5) is 37.7. The van der Waals surface area contributed by atoms with Crippen molar-refractivity contribution in [2.24, 2.45) is 5.92 Å². The van der Waals surface area contributed by atoms with Gasteiger partial charge in [-0.3, -0.25) is 9.59 Å². The molecule has 1 aliphatic heterocycles. The molecule has 0 atom stereocenters. The van der Waals surface area contributed by atoms with Crippen molar-refractivity contribution in [2.75, 3.05) is 26.2 Å². The van der Waals surface area contributed by atoms with Crippen molar-refractivity contribution >= 4 is 17.9 Å². The fourth-order valence-corrected chi connectivity index (χ4v) is 4.73. The van der Waals surface area contributed by atoms with Gasteiger partial charge in [0.1, 0.15) is 17.6 Å². The van der Waals surface area contributed by atoms with E-state index < -0.39 is 5.97 Å². The number of rotatable bonds is 9. The Morgan fingerprint density at radius 3 is 1.95 bits per heavy atom. The summed E-state index contributed by atoms with van der Waals surface area (Å²) in [6.07, 6.45) is 4.34. The molecule has 1 saturated heterocycles. The number of nitrogens with one attached hydrogen (secondary N) is 2. The van der Waals surface area contributed by atoms with Gasteiger partial charge in [-0.05, 0) is 62.1 Å². The molecule has 2 fully saturated rings. The molecular formula is C28H35N3O6. The Kier molecular flexibility index (Phi) is 9.24. The van der Waals surface area contributed by atoms with Crippen LogP contribution in [-0.4, -0.2) is 66.3 Å². The predicted octanol–water partition coefficient (Wildman–Crippen LogP) is 3.69. The van der Waals surface area contributed by atoms with Crippen molar-refractivity contribution < 1.29 is 29.0 Å². The molecule has 2 aliphatic rings. The van der Waals surface area contributed by atoms with Crippen LogP contribution in [0.1, 0.15) is 48.9 Å². The first kappa shape index (κ1) is 26.3. The molecule has 2 aromatic carbocycles. The molecule has 1 aliphatic carbocycles. The molecule has 0 aromatic heterocycles. The van der Waals surface area contributed by atoms with Gasteiger partial charge in [0.05, 0.1) is 12.0 Å². The van der Waals surface area contributed by atoms with Gasteiger partial charge in [-0.25, -0.2) is 4.79 Å². The Morgan fingerprint density at radius 2 is 1.32 bits per heavy atom. The maximum absolute atomic E-state index is 12.4. The van der Waals surface area contributed by atoms with Crippen molar-refractivity contribution in [3.05, 3.63) is 60.2 Å². The van der Waals surface area contributed by atoms with Crippen LogP contribution in [-0.2, 0) is 4.79 Å². The summed E-state index contributed by atoms with van der Waals surface area (Å²) in [5, 5.41) is 14.8. The molecule has 0 unspecified atom stereocenters. The monoisotopic (exact) mass is 509 g/mol. The Morgan fingerprint density at radius 1 is 0.757 bits per heavy atom. The molecule has 0 spiro atoms. The molecule has 4 rings (SSSR count). The number of carbonyl (C=O) groups is 3. The number of amides is 3. The van der Waals surface area contributed by atoms with E-state index in [1.165, 1.54) is 0 Å². The number of ether oxygens (including phenoxy) is 2. The molecule has 0 bridgehead atoms. The van der Waals surface area contributed by atoms with Crippen molar-refractivity contribution in [3.8, 4) is 11.5 Å². The molecule has 9 nitrogen and oxygen atoms in total. The Labute approximate surface area is 217 Å². The van der Waals surface area contributed by atoms with Crippen LogP contribution in [0, 0.1) is 5.92 Å². The van der Waals surface area contributed by atoms with E-state index in [4.69, 9.17) is 14.6 Å². The van der Waals surface area contributed by atoms with E-state index in [0.717, 1.165) is 18.6 Å². The van der Waals surface area contributed by atoms with E-state index in [9.17, 15) is 14.4 Å². The van der Waals surface area contributed by atoms with E-state index in [1.807, 2.05) is 30.3 Å². The lowest BCUT2D eigenvalue weighted by Gasteiger charge is -2.32. The van der Waals surface area contributed by atoms with Crippen LogP contribution in [0.15, 0.2) is 54.6 Å². The van der Waals surface area contributed by atoms with Crippen LogP contribution >= 0.6 is 0 Å². The van der Waals surface area contributed by atoms with E-state index >= 15 is 0 Å². The molecule has 3 N–H and O–H groups in total. The zero-order valence-corrected chi connectivity index (χ0v) is 20.9. The van der Waals surface area contributed by atoms with Crippen LogP contribution in [0.5, 0.6) is 11.5 Å². The minimum absolute atomic E-state index is 0.000987. The zero-order valence-electron chi connectivity index (χ0n) is 20.9. The maximum Gasteiger partial charge on any atom is 0.317 e. The lowest BCUT2D eigenvalue weighted by Crippen LogP contribution is -2.47. The minimum Gasteiger partial charge on any atom is -0.490 e. The third-order valence-corrected chi connectivity index (χ3v) is 6.90. The average Bonchev–Trinajstić information content (AvgIpc) is 2.92. The SMILES string of the molecule is O=C(NCCNC(=O)N1CCC(Oc2ccccc2)CC1)c1ccc(OC2CCC(C(=O)O)CC2)cc1. The Bertz CT molecular complexity index is 1030. The minimum atomic E-state index is -0.734. The topological polar surface area (TPSA) is 117 Å². The summed E-state index contributed by atoms with van der Waals surface area (Å²) >= 11 is 0. The highest BCUT2D eigenvalue weighted by molar-refractivity contribution is 5.94. The first-order chi connectivity index (χ1) is 18.0. The van der Waals surface area contributed by atoms with Crippen LogP contribution in [0.25, 0.3) is 0 Å². The summed E-state index contributed by atoms with van der Waals surface area (Å²) in [7, 11) is 0. The molecular weight excluding hydrogens is 474 g/mol. The van der Waals surface area contributed by atoms with E-state index in [-0.39, 0.29) is 30.1 Å². The van der Waals surface area contributed by atoms with Gasteiger partial charge in [-0.1, -0.05) is 18.2 Å². The number of carboxylic acid groups (broad SMARTS) is 1. The number of aliphatic carboxylic acids is 1. The number of hydrogen-bond donors (Lipinski definition) is 3. The molecule has 2 aromatic rings. The van der Waals surface area contributed by atoms with Crippen LogP contribution < -0.4 is 20.1 Å². The van der Waals surface area contributed by atoms with E-state index in [1.54, 1.807) is 29.2 Å². The summed E-state index contributed by atoms with van der Waals surface area (Å²) in [5.41, 5.74) is 0.508. The fraction of sp³-hybridized carbons (Fsp3) is 0.464. The van der Waals surface area contributed by atoms with Gasteiger partial charge in [0.15, 0.2) is 0 Å². The molecule has 37 heavy (non-hydrogen) atoms. The number of nitrogens with zero attached hydrogens (tertiary/aromatic N) is 1. The van der Waals surface area contributed by atoms with Crippen LogP contribution in [0.3, 0.4) is 0 Å². The van der Waals surface area contributed by atoms with Gasteiger partial charge in [0.25, 0.3) is 5.91 Å². The maximum atomic E-state index is 12.4. The van der Waals surface area contributed by atoms with E-state index in [2.05, 4.69) is 10.6 Å². The van der Waals surface area contributed by atoms with E-state index in [0.29, 0.717) is 63.2 Å². The number of carboxylic acids is 1. The van der Waals surface area contributed by atoms with Gasteiger partial charge in [-0.2, -0.15) is 0 Å². The number of urea groups is 1. The quantitative estimate of drug-likeness (QED) is 0.444. The lowest BCUT2D eigenvalue weighted by molar-refractivity contribution is -0.143. The highest BCUT2D eigenvalue weighted by atomic mass is 16.5. The van der Waals surface area contributed by atoms with Crippen molar-refractivity contribution in [1.82, 2.24) is 15.5 Å². The molecule has 1 saturated carbocycles. The number of likely N-dealkylation sites (tertiary alicyclic amines) is 1. The molecule has 3 amide bonds. The zero-order chi connectivity index (χ0) is 26.0. The first-order valence-corrected chi connectivity index (χ1v) is 13.0. The number of para-hydroxylation sites is 1. The third kappa shape index (κ3) is 7.87. The molecule has 9 heteroatoms. The molecule has 198 valence electrons. The standard InChI is InChI=1S/C28H35N3O6/c32-26(20-6-10-23(11-7-20)37-24-12-8-21(9-13-24)27(33)34)29-16-17-30-28(35)31-18-14-25(15-19-31)36-22-4-2-1-3-5-22/h1-7,10-11,21,24-25H,8-9,12-19H2,(H,29,32)(H,30,35)(H,33,34). The summed E-state index contributed by atoms with van der Waals surface area (Å²) in [6.45, 7) is 1.92. The summed E-state index contributed by atoms with van der Waals surface area (Å²) in [5.74, 6) is 0.287. The van der Waals surface area contributed by atoms with Gasteiger partial charge in [-0.15, -0.1) is 0 Å².